The van der Waals surface area contributed by atoms with Gasteiger partial charge in [-0.05, 0) is 25.3 Å². The van der Waals surface area contributed by atoms with Gasteiger partial charge in [-0.2, -0.15) is 0 Å². The minimum Gasteiger partial charge on any atom is -0.462 e. The van der Waals surface area contributed by atoms with Crippen LogP contribution >= 0.6 is 0 Å². The van der Waals surface area contributed by atoms with Crippen LogP contribution in [0.3, 0.4) is 0 Å². The Balaban J connectivity index is 2.84. The predicted molar refractivity (Wildman–Crippen MR) is 87.3 cm³/mol. The van der Waals surface area contributed by atoms with Crippen LogP contribution in [0.2, 0.25) is 0 Å². The standard InChI is InChI=1S/C17H25NO7/c1-12(19)23-11-16(25-14(3)21)15(24-13(2)20)7-8-17(22)18-9-5-4-6-10-18/h7-8,15-16H,4-6,9-11H2,1-3H3/b8-7+/t15-,16-/m0/s1. The number of likely N-dealkylation sites (tertiary alicyclic amines) is 1. The van der Waals surface area contributed by atoms with Gasteiger partial charge in [0, 0.05) is 39.9 Å². The van der Waals surface area contributed by atoms with Crippen molar-refractivity contribution in [2.24, 2.45) is 0 Å². The summed E-state index contributed by atoms with van der Waals surface area (Å²) in [6.07, 6.45) is 3.59. The second kappa shape index (κ2) is 10.5. The lowest BCUT2D eigenvalue weighted by Gasteiger charge is -2.26. The zero-order chi connectivity index (χ0) is 18.8. The van der Waals surface area contributed by atoms with Gasteiger partial charge in [0.05, 0.1) is 0 Å². The van der Waals surface area contributed by atoms with Crippen molar-refractivity contribution in [1.29, 1.82) is 0 Å². The third kappa shape index (κ3) is 8.32. The summed E-state index contributed by atoms with van der Waals surface area (Å²) in [6.45, 7) is 4.68. The van der Waals surface area contributed by atoms with E-state index in [9.17, 15) is 19.2 Å². The summed E-state index contributed by atoms with van der Waals surface area (Å²) in [7, 11) is 0. The van der Waals surface area contributed by atoms with Crippen LogP contribution in [0.1, 0.15) is 40.0 Å². The van der Waals surface area contributed by atoms with Crippen LogP contribution in [0.15, 0.2) is 12.2 Å². The van der Waals surface area contributed by atoms with Crippen molar-refractivity contribution in [2.45, 2.75) is 52.2 Å². The van der Waals surface area contributed by atoms with E-state index in [-0.39, 0.29) is 12.5 Å². The average Bonchev–Trinajstić information content (AvgIpc) is 2.55. The molecular formula is C17H25NO7. The Morgan fingerprint density at radius 3 is 2.04 bits per heavy atom. The molecule has 0 unspecified atom stereocenters. The first-order valence-electron chi connectivity index (χ1n) is 8.24. The molecule has 1 aliphatic rings. The second-order valence-corrected chi connectivity index (χ2v) is 5.77. The summed E-state index contributed by atoms with van der Waals surface area (Å²) < 4.78 is 15.0. The van der Waals surface area contributed by atoms with Crippen LogP contribution in [-0.2, 0) is 33.4 Å². The van der Waals surface area contributed by atoms with E-state index < -0.39 is 30.1 Å². The smallest absolute Gasteiger partial charge is 0.303 e. The first kappa shape index (κ1) is 20.7. The van der Waals surface area contributed by atoms with Gasteiger partial charge in [0.15, 0.2) is 12.2 Å². The van der Waals surface area contributed by atoms with E-state index in [1.165, 1.54) is 32.9 Å². The summed E-state index contributed by atoms with van der Waals surface area (Å²) in [5.41, 5.74) is 0. The number of piperidine rings is 1. The van der Waals surface area contributed by atoms with Crippen LogP contribution in [0.25, 0.3) is 0 Å². The molecular weight excluding hydrogens is 330 g/mol. The fraction of sp³-hybridized carbons (Fsp3) is 0.647. The zero-order valence-corrected chi connectivity index (χ0v) is 14.9. The van der Waals surface area contributed by atoms with Crippen LogP contribution in [0, 0.1) is 0 Å². The highest BCUT2D eigenvalue weighted by Gasteiger charge is 2.27. The van der Waals surface area contributed by atoms with E-state index in [2.05, 4.69) is 0 Å². The Kier molecular flexibility index (Phi) is 8.66. The summed E-state index contributed by atoms with van der Waals surface area (Å²) >= 11 is 0. The molecule has 0 radical (unpaired) electrons. The number of carbonyl (C=O) groups is 4. The molecule has 0 aromatic heterocycles. The third-order valence-electron chi connectivity index (χ3n) is 3.53. The Morgan fingerprint density at radius 1 is 0.920 bits per heavy atom. The van der Waals surface area contributed by atoms with Crippen LogP contribution in [-0.4, -0.2) is 60.6 Å². The molecule has 0 spiro atoms. The van der Waals surface area contributed by atoms with Gasteiger partial charge in [-0.15, -0.1) is 0 Å². The van der Waals surface area contributed by atoms with Gasteiger partial charge >= 0.3 is 17.9 Å². The molecule has 25 heavy (non-hydrogen) atoms. The molecule has 0 aromatic carbocycles. The minimum absolute atomic E-state index is 0.203. The number of nitrogens with zero attached hydrogens (tertiary/aromatic N) is 1. The first-order valence-corrected chi connectivity index (χ1v) is 8.24. The average molecular weight is 355 g/mol. The largest absolute Gasteiger partial charge is 0.462 e. The van der Waals surface area contributed by atoms with E-state index in [4.69, 9.17) is 14.2 Å². The fourth-order valence-electron chi connectivity index (χ4n) is 2.44. The Hall–Kier alpha value is -2.38. The number of amides is 1. The molecule has 0 aromatic rings. The van der Waals surface area contributed by atoms with E-state index in [1.54, 1.807) is 4.90 Å². The summed E-state index contributed by atoms with van der Waals surface area (Å²) in [6, 6.07) is 0. The molecule has 0 saturated carbocycles. The fourth-order valence-corrected chi connectivity index (χ4v) is 2.44. The quantitative estimate of drug-likeness (QED) is 0.381. The van der Waals surface area contributed by atoms with Crippen LogP contribution in [0.4, 0.5) is 0 Å². The van der Waals surface area contributed by atoms with Gasteiger partial charge < -0.3 is 19.1 Å². The Labute approximate surface area is 147 Å². The van der Waals surface area contributed by atoms with Gasteiger partial charge in [0.25, 0.3) is 0 Å². The van der Waals surface area contributed by atoms with Gasteiger partial charge in [-0.3, -0.25) is 19.2 Å². The topological polar surface area (TPSA) is 99.2 Å². The number of hydrogen-bond donors (Lipinski definition) is 0. The second-order valence-electron chi connectivity index (χ2n) is 5.77. The van der Waals surface area contributed by atoms with Crippen molar-refractivity contribution in [3.8, 4) is 0 Å². The van der Waals surface area contributed by atoms with Crippen molar-refractivity contribution in [2.75, 3.05) is 19.7 Å². The van der Waals surface area contributed by atoms with Gasteiger partial charge in [-0.25, -0.2) is 0 Å². The number of ether oxygens (including phenoxy) is 3. The van der Waals surface area contributed by atoms with E-state index in [0.717, 1.165) is 19.3 Å². The summed E-state index contributed by atoms with van der Waals surface area (Å²) in [5.74, 6) is -2.00. The maximum Gasteiger partial charge on any atom is 0.303 e. The third-order valence-corrected chi connectivity index (χ3v) is 3.53. The van der Waals surface area contributed by atoms with Crippen molar-refractivity contribution < 1.29 is 33.4 Å². The summed E-state index contributed by atoms with van der Waals surface area (Å²) in [4.78, 5) is 47.5. The maximum absolute atomic E-state index is 12.2. The van der Waals surface area contributed by atoms with Crippen molar-refractivity contribution in [3.05, 3.63) is 12.2 Å². The molecule has 8 heteroatoms. The van der Waals surface area contributed by atoms with E-state index >= 15 is 0 Å². The molecule has 1 aliphatic heterocycles. The number of hydrogen-bond acceptors (Lipinski definition) is 7. The van der Waals surface area contributed by atoms with Gasteiger partial charge in [-0.1, -0.05) is 0 Å². The predicted octanol–water partition coefficient (Wildman–Crippen LogP) is 0.982. The Morgan fingerprint density at radius 2 is 1.52 bits per heavy atom. The van der Waals surface area contributed by atoms with Crippen LogP contribution < -0.4 is 0 Å². The molecule has 0 N–H and O–H groups in total. The van der Waals surface area contributed by atoms with Crippen molar-refractivity contribution in [1.82, 2.24) is 4.90 Å². The zero-order valence-electron chi connectivity index (χ0n) is 14.9. The highest BCUT2D eigenvalue weighted by Crippen LogP contribution is 2.12. The lowest BCUT2D eigenvalue weighted by Crippen LogP contribution is -2.38. The first-order chi connectivity index (χ1) is 11.8. The number of esters is 3. The van der Waals surface area contributed by atoms with Crippen molar-refractivity contribution >= 4 is 23.8 Å². The monoisotopic (exact) mass is 355 g/mol. The molecule has 1 saturated heterocycles. The highest BCUT2D eigenvalue weighted by atomic mass is 16.6. The molecule has 140 valence electrons. The van der Waals surface area contributed by atoms with E-state index in [1.807, 2.05) is 0 Å². The lowest BCUT2D eigenvalue weighted by molar-refractivity contribution is -0.169. The molecule has 1 heterocycles. The normalized spacial score (nSPS) is 16.8. The molecule has 1 amide bonds. The lowest BCUT2D eigenvalue weighted by atomic mass is 10.1. The minimum atomic E-state index is -1.03. The SMILES string of the molecule is CC(=O)OC[C@H](OC(C)=O)[C@H](/C=C/C(=O)N1CCCCC1)OC(C)=O. The van der Waals surface area contributed by atoms with Crippen LogP contribution in [0.5, 0.6) is 0 Å². The molecule has 8 nitrogen and oxygen atoms in total. The molecule has 1 fully saturated rings. The van der Waals surface area contributed by atoms with E-state index in [0.29, 0.717) is 13.1 Å². The highest BCUT2D eigenvalue weighted by molar-refractivity contribution is 5.87. The Bertz CT molecular complexity index is 523. The van der Waals surface area contributed by atoms with Gasteiger partial charge in [0.1, 0.15) is 6.61 Å². The molecule has 0 bridgehead atoms. The number of carbonyl (C=O) groups excluding carboxylic acids is 4. The van der Waals surface area contributed by atoms with Gasteiger partial charge in [0.2, 0.25) is 5.91 Å². The number of rotatable bonds is 7. The molecule has 0 aliphatic carbocycles. The summed E-state index contributed by atoms with van der Waals surface area (Å²) in [5, 5.41) is 0. The maximum atomic E-state index is 12.2. The van der Waals surface area contributed by atoms with Crippen molar-refractivity contribution in [3.63, 3.8) is 0 Å². The molecule has 2 atom stereocenters. The molecule has 1 rings (SSSR count).